The van der Waals surface area contributed by atoms with Crippen LogP contribution < -0.4 is 0 Å². The molecule has 0 N–H and O–H groups in total. The van der Waals surface area contributed by atoms with E-state index in [2.05, 4.69) is 4.98 Å². The van der Waals surface area contributed by atoms with Gasteiger partial charge in [0, 0.05) is 36.4 Å². The summed E-state index contributed by atoms with van der Waals surface area (Å²) in [5, 5.41) is 2.76. The zero-order valence-electron chi connectivity index (χ0n) is 22.0. The van der Waals surface area contributed by atoms with Crippen LogP contribution in [0.3, 0.4) is 0 Å². The highest BCUT2D eigenvalue weighted by Gasteiger charge is 2.31. The van der Waals surface area contributed by atoms with Crippen LogP contribution in [-0.4, -0.2) is 34.7 Å². The highest BCUT2D eigenvalue weighted by molar-refractivity contribution is 7.09. The zero-order valence-corrected chi connectivity index (χ0v) is 22.8. The number of ketones is 1. The van der Waals surface area contributed by atoms with E-state index in [0.29, 0.717) is 41.9 Å². The fourth-order valence-corrected chi connectivity index (χ4v) is 6.14. The zero-order chi connectivity index (χ0) is 28.3. The average Bonchev–Trinajstić information content (AvgIpc) is 3.48. The number of carbonyl (C=O) groups is 2. The molecule has 1 saturated heterocycles. The molecule has 206 valence electrons. The lowest BCUT2D eigenvalue weighted by Crippen LogP contribution is -2.38. The highest BCUT2D eigenvalue weighted by Crippen LogP contribution is 2.34. The Balaban J connectivity index is 1.22. The van der Waals surface area contributed by atoms with Gasteiger partial charge in [0.25, 0.3) is 5.91 Å². The molecule has 1 aliphatic rings. The Morgan fingerprint density at radius 1 is 0.950 bits per heavy atom. The van der Waals surface area contributed by atoms with Crippen molar-refractivity contribution in [1.29, 1.82) is 0 Å². The maximum atomic E-state index is 13.5. The predicted molar refractivity (Wildman–Crippen MR) is 151 cm³/mol. The number of alkyl halides is 3. The van der Waals surface area contributed by atoms with Gasteiger partial charge in [0.2, 0.25) is 0 Å². The number of rotatable bonds is 7. The lowest BCUT2D eigenvalue weighted by atomic mass is 9.94. The van der Waals surface area contributed by atoms with Crippen LogP contribution in [-0.2, 0) is 6.18 Å². The minimum absolute atomic E-state index is 0.0336. The molecule has 40 heavy (non-hydrogen) atoms. The van der Waals surface area contributed by atoms with Crippen LogP contribution in [0, 0.1) is 0 Å². The van der Waals surface area contributed by atoms with Crippen molar-refractivity contribution >= 4 is 23.0 Å². The molecule has 0 aliphatic carbocycles. The van der Waals surface area contributed by atoms with Crippen molar-refractivity contribution in [1.82, 2.24) is 9.88 Å². The second-order valence-corrected chi connectivity index (χ2v) is 11.1. The highest BCUT2D eigenvalue weighted by atomic mass is 32.1. The van der Waals surface area contributed by atoms with Gasteiger partial charge in [-0.25, -0.2) is 4.98 Å². The first kappa shape index (κ1) is 27.8. The van der Waals surface area contributed by atoms with E-state index < -0.39 is 11.7 Å². The molecule has 0 bridgehead atoms. The number of thiazole rings is 1. The molecular weight excluding hydrogens is 533 g/mol. The summed E-state index contributed by atoms with van der Waals surface area (Å²) in [4.78, 5) is 32.8. The van der Waals surface area contributed by atoms with E-state index in [-0.39, 0.29) is 23.5 Å². The van der Waals surface area contributed by atoms with Crippen LogP contribution in [0.25, 0.3) is 11.1 Å². The average molecular weight is 563 g/mol. The second kappa shape index (κ2) is 11.8. The second-order valence-electron chi connectivity index (χ2n) is 10.2. The fourth-order valence-electron chi connectivity index (χ4n) is 5.15. The number of carbonyl (C=O) groups excluding carboxylic acids is 2. The maximum absolute atomic E-state index is 13.5. The molecular formula is C32H29F3N2O2S. The van der Waals surface area contributed by atoms with Gasteiger partial charge in [0.15, 0.2) is 5.78 Å². The number of piperidine rings is 1. The smallest absolute Gasteiger partial charge is 0.339 e. The first-order valence-corrected chi connectivity index (χ1v) is 14.2. The molecule has 2 heterocycles. The summed E-state index contributed by atoms with van der Waals surface area (Å²) in [7, 11) is 0. The quantitative estimate of drug-likeness (QED) is 0.213. The van der Waals surface area contributed by atoms with Crippen molar-refractivity contribution in [3.05, 3.63) is 112 Å². The van der Waals surface area contributed by atoms with Crippen LogP contribution in [0.15, 0.2) is 84.2 Å². The molecule has 1 unspecified atom stereocenters. The minimum Gasteiger partial charge on any atom is -0.339 e. The van der Waals surface area contributed by atoms with Crippen LogP contribution in [0.4, 0.5) is 13.2 Å². The summed E-state index contributed by atoms with van der Waals surface area (Å²) in [6, 6.07) is 21.9. The third-order valence-electron chi connectivity index (χ3n) is 7.48. The lowest BCUT2D eigenvalue weighted by molar-refractivity contribution is -0.137. The number of Topliss-reactive ketones (excluding diaryl/α,β-unsaturated/α-hetero) is 1. The SMILES string of the molecule is CC(CC(=O)c1csc(C2CCN(C(=O)c3ccccc3-c3ccc(C(F)(F)F)cc3)CC2)n1)c1ccccc1. The Morgan fingerprint density at radius 3 is 2.27 bits per heavy atom. The molecule has 0 saturated carbocycles. The van der Waals surface area contributed by atoms with Crippen LogP contribution in [0.2, 0.25) is 0 Å². The maximum Gasteiger partial charge on any atom is 0.416 e. The molecule has 5 rings (SSSR count). The van der Waals surface area contributed by atoms with Crippen LogP contribution in [0.1, 0.15) is 75.0 Å². The fraction of sp³-hybridized carbons (Fsp3) is 0.281. The number of hydrogen-bond acceptors (Lipinski definition) is 4. The number of benzene rings is 3. The molecule has 8 heteroatoms. The largest absolute Gasteiger partial charge is 0.416 e. The molecule has 1 fully saturated rings. The molecule has 1 aliphatic heterocycles. The van der Waals surface area contributed by atoms with E-state index >= 15 is 0 Å². The van der Waals surface area contributed by atoms with Crippen molar-refractivity contribution in [3.8, 4) is 11.1 Å². The Hall–Kier alpha value is -3.78. The molecule has 1 aromatic heterocycles. The van der Waals surface area contributed by atoms with Gasteiger partial charge in [-0.1, -0.05) is 67.6 Å². The van der Waals surface area contributed by atoms with E-state index in [4.69, 9.17) is 0 Å². The summed E-state index contributed by atoms with van der Waals surface area (Å²) in [5.41, 5.74) is 2.55. The number of aromatic nitrogens is 1. The number of likely N-dealkylation sites (tertiary alicyclic amines) is 1. The van der Waals surface area contributed by atoms with E-state index in [0.717, 1.165) is 35.5 Å². The molecule has 3 aromatic carbocycles. The van der Waals surface area contributed by atoms with Crippen molar-refractivity contribution in [3.63, 3.8) is 0 Å². The molecule has 0 spiro atoms. The molecule has 1 atom stereocenters. The first-order valence-electron chi connectivity index (χ1n) is 13.3. The first-order chi connectivity index (χ1) is 19.2. The standard InChI is InChI=1S/C32H29F3N2O2S/c1-21(22-7-3-2-4-8-22)19-29(38)28-20-40-30(36-28)24-15-17-37(18-16-24)31(39)27-10-6-5-9-26(27)23-11-13-25(14-12-23)32(33,34)35/h2-14,20-21,24H,15-19H2,1H3. The van der Waals surface area contributed by atoms with Gasteiger partial charge in [-0.05, 0) is 53.6 Å². The van der Waals surface area contributed by atoms with Crippen molar-refractivity contribution in [2.45, 2.75) is 44.2 Å². The van der Waals surface area contributed by atoms with Gasteiger partial charge in [-0.2, -0.15) is 13.2 Å². The topological polar surface area (TPSA) is 50.3 Å². The van der Waals surface area contributed by atoms with E-state index in [1.54, 1.807) is 29.2 Å². The van der Waals surface area contributed by atoms with Gasteiger partial charge in [-0.3, -0.25) is 9.59 Å². The van der Waals surface area contributed by atoms with Gasteiger partial charge in [-0.15, -0.1) is 11.3 Å². The monoisotopic (exact) mass is 562 g/mol. The summed E-state index contributed by atoms with van der Waals surface area (Å²) >= 11 is 1.50. The lowest BCUT2D eigenvalue weighted by Gasteiger charge is -2.31. The molecule has 4 nitrogen and oxygen atoms in total. The molecule has 4 aromatic rings. The van der Waals surface area contributed by atoms with Gasteiger partial charge >= 0.3 is 6.18 Å². The summed E-state index contributed by atoms with van der Waals surface area (Å²) in [6.45, 7) is 3.13. The van der Waals surface area contributed by atoms with E-state index in [9.17, 15) is 22.8 Å². The summed E-state index contributed by atoms with van der Waals surface area (Å²) < 4.78 is 39.0. The normalized spacial score (nSPS) is 15.2. The minimum atomic E-state index is -4.41. The van der Waals surface area contributed by atoms with Crippen LogP contribution >= 0.6 is 11.3 Å². The third kappa shape index (κ3) is 6.17. The van der Waals surface area contributed by atoms with Crippen molar-refractivity contribution < 1.29 is 22.8 Å². The van der Waals surface area contributed by atoms with E-state index in [1.165, 1.54) is 23.5 Å². The third-order valence-corrected chi connectivity index (χ3v) is 8.49. The summed E-state index contributed by atoms with van der Waals surface area (Å²) in [5.74, 6) is 0.177. The number of nitrogens with zero attached hydrogens (tertiary/aromatic N) is 2. The Bertz CT molecular complexity index is 1470. The molecule has 0 radical (unpaired) electrons. The van der Waals surface area contributed by atoms with Crippen molar-refractivity contribution in [2.24, 2.45) is 0 Å². The van der Waals surface area contributed by atoms with E-state index in [1.807, 2.05) is 42.6 Å². The predicted octanol–water partition coefficient (Wildman–Crippen LogP) is 8.23. The Labute approximate surface area is 235 Å². The Morgan fingerprint density at radius 2 is 1.60 bits per heavy atom. The number of halogens is 3. The number of amides is 1. The number of hydrogen-bond donors (Lipinski definition) is 0. The summed E-state index contributed by atoms with van der Waals surface area (Å²) in [6.07, 6.45) is -2.55. The Kier molecular flexibility index (Phi) is 8.17. The molecule has 1 amide bonds. The van der Waals surface area contributed by atoms with Crippen LogP contribution in [0.5, 0.6) is 0 Å². The van der Waals surface area contributed by atoms with Gasteiger partial charge in [0.05, 0.1) is 10.6 Å². The van der Waals surface area contributed by atoms with Gasteiger partial charge in [0.1, 0.15) is 5.69 Å². The van der Waals surface area contributed by atoms with Gasteiger partial charge < -0.3 is 4.90 Å². The van der Waals surface area contributed by atoms with Crippen molar-refractivity contribution in [2.75, 3.05) is 13.1 Å².